The van der Waals surface area contributed by atoms with Crippen molar-refractivity contribution < 1.29 is 19.4 Å². The second kappa shape index (κ2) is 11.1. The molecule has 2 fully saturated rings. The summed E-state index contributed by atoms with van der Waals surface area (Å²) in [7, 11) is 3.92. The summed E-state index contributed by atoms with van der Waals surface area (Å²) in [4.78, 5) is 17.2. The number of thiophene rings is 2. The molecule has 2 aliphatic carbocycles. The van der Waals surface area contributed by atoms with Crippen molar-refractivity contribution in [2.45, 2.75) is 56.3 Å². The molecule has 2 aliphatic rings. The molecule has 0 aliphatic heterocycles. The lowest BCUT2D eigenvalue weighted by molar-refractivity contribution is -0.170. The molecule has 0 radical (unpaired) electrons. The summed E-state index contributed by atoms with van der Waals surface area (Å²) in [5, 5.41) is 15.4. The van der Waals surface area contributed by atoms with Crippen LogP contribution in [0.2, 0.25) is 0 Å². The van der Waals surface area contributed by atoms with Crippen molar-refractivity contribution in [1.82, 2.24) is 4.90 Å². The highest BCUT2D eigenvalue weighted by atomic mass is 32.1. The van der Waals surface area contributed by atoms with Gasteiger partial charge in [0.2, 0.25) is 5.60 Å². The first kappa shape index (κ1) is 25.5. The molecule has 7 heteroatoms. The van der Waals surface area contributed by atoms with Crippen molar-refractivity contribution in [3.63, 3.8) is 0 Å². The maximum absolute atomic E-state index is 13.5. The van der Waals surface area contributed by atoms with Crippen molar-refractivity contribution in [3.05, 3.63) is 74.6 Å². The van der Waals surface area contributed by atoms with E-state index >= 15 is 0 Å². The second-order valence-corrected chi connectivity index (χ2v) is 12.0. The van der Waals surface area contributed by atoms with Crippen molar-refractivity contribution >= 4 is 28.6 Å². The molecule has 0 amide bonds. The number of nitrogens with zero attached hydrogens (tertiary/aromatic N) is 1. The molecular formula is C29H35NO4S2. The van der Waals surface area contributed by atoms with Crippen LogP contribution < -0.4 is 4.74 Å². The van der Waals surface area contributed by atoms with Gasteiger partial charge in [0.05, 0.1) is 16.9 Å². The van der Waals surface area contributed by atoms with Crippen LogP contribution in [0.15, 0.2) is 59.3 Å². The van der Waals surface area contributed by atoms with E-state index in [2.05, 4.69) is 24.1 Å². The summed E-state index contributed by atoms with van der Waals surface area (Å²) in [5.41, 5.74) is -0.386. The van der Waals surface area contributed by atoms with E-state index in [1.807, 2.05) is 47.2 Å². The van der Waals surface area contributed by atoms with E-state index in [-0.39, 0.29) is 6.10 Å². The molecular weight excluding hydrogens is 490 g/mol. The Bertz CT molecular complexity index is 1080. The lowest BCUT2D eigenvalue weighted by Gasteiger charge is -2.31. The Hall–Kier alpha value is -2.19. The maximum atomic E-state index is 13.5. The Kier molecular flexibility index (Phi) is 7.82. The quantitative estimate of drug-likeness (QED) is 0.256. The third kappa shape index (κ3) is 4.99. The number of hydrogen-bond acceptors (Lipinski definition) is 7. The van der Waals surface area contributed by atoms with E-state index in [0.717, 1.165) is 44.4 Å². The molecule has 2 unspecified atom stereocenters. The van der Waals surface area contributed by atoms with Crippen molar-refractivity contribution in [2.75, 3.05) is 20.7 Å². The molecule has 192 valence electrons. The molecule has 36 heavy (non-hydrogen) atoms. The van der Waals surface area contributed by atoms with Gasteiger partial charge in [-0.3, -0.25) is 0 Å². The number of fused-ring (bicyclic) bond motifs is 2. The first-order valence-electron chi connectivity index (χ1n) is 12.8. The second-order valence-electron chi connectivity index (χ2n) is 10.1. The molecule has 3 aromatic rings. The standard InChI is InChI=1S/C29H35NO4S2/c1-30(16-4-3-7-20-10-13-22(33-2)14-11-20)27-21-12-15-23(27)24(19-21)34-28(31)29(32,25-8-5-17-35-25)26-9-6-18-36-26/h5-6,8-11,13-14,17-18,21,23-24,27,32H,3-4,7,12,15-16,19H2,1-2H3/t21?,23-,24+,27?/m0/s1. The Morgan fingerprint density at radius 2 is 1.75 bits per heavy atom. The molecule has 1 aromatic carbocycles. The van der Waals surface area contributed by atoms with Gasteiger partial charge in [-0.1, -0.05) is 24.3 Å². The van der Waals surface area contributed by atoms with E-state index in [9.17, 15) is 9.90 Å². The minimum Gasteiger partial charge on any atom is -0.497 e. The van der Waals surface area contributed by atoms with Crippen molar-refractivity contribution in [2.24, 2.45) is 11.8 Å². The molecule has 0 spiro atoms. The van der Waals surface area contributed by atoms with Crippen LogP contribution in [0.3, 0.4) is 0 Å². The van der Waals surface area contributed by atoms with Crippen LogP contribution in [0, 0.1) is 11.8 Å². The number of aryl methyl sites for hydroxylation is 1. The summed E-state index contributed by atoms with van der Waals surface area (Å²) in [6.07, 6.45) is 6.39. The largest absolute Gasteiger partial charge is 0.497 e. The first-order valence-corrected chi connectivity index (χ1v) is 14.6. The first-order chi connectivity index (χ1) is 17.5. The number of benzene rings is 1. The summed E-state index contributed by atoms with van der Waals surface area (Å²) < 4.78 is 11.4. The molecule has 1 N–H and O–H groups in total. The fraction of sp³-hybridized carbons (Fsp3) is 0.483. The summed E-state index contributed by atoms with van der Waals surface area (Å²) in [6.45, 7) is 1.04. The van der Waals surface area contributed by atoms with E-state index in [1.165, 1.54) is 34.7 Å². The molecule has 4 atom stereocenters. The van der Waals surface area contributed by atoms with Gasteiger partial charge in [-0.2, -0.15) is 0 Å². The molecule has 0 saturated heterocycles. The third-order valence-corrected chi connectivity index (χ3v) is 9.97. The maximum Gasteiger partial charge on any atom is 0.349 e. The lowest BCUT2D eigenvalue weighted by atomic mass is 9.96. The van der Waals surface area contributed by atoms with Crippen molar-refractivity contribution in [1.29, 1.82) is 0 Å². The van der Waals surface area contributed by atoms with Crippen LogP contribution in [-0.4, -0.2) is 48.8 Å². The molecule has 2 saturated carbocycles. The SMILES string of the molecule is COc1ccc(CCCCN(C)C2C3CC[C@H]2[C@H](OC(=O)C(O)(c2cccs2)c2cccs2)C3)cc1. The highest BCUT2D eigenvalue weighted by molar-refractivity contribution is 7.12. The van der Waals surface area contributed by atoms with Gasteiger partial charge in [-0.15, -0.1) is 22.7 Å². The van der Waals surface area contributed by atoms with Gasteiger partial charge in [0.1, 0.15) is 11.9 Å². The minimum absolute atomic E-state index is 0.130. The number of methoxy groups -OCH3 is 1. The molecule has 5 rings (SSSR count). The Balaban J connectivity index is 1.17. The van der Waals surface area contributed by atoms with Gasteiger partial charge >= 0.3 is 5.97 Å². The topological polar surface area (TPSA) is 59.0 Å². The van der Waals surface area contributed by atoms with Gasteiger partial charge in [0.25, 0.3) is 0 Å². The third-order valence-electron chi connectivity index (χ3n) is 8.01. The van der Waals surface area contributed by atoms with Crippen LogP contribution in [0.4, 0.5) is 0 Å². The van der Waals surface area contributed by atoms with E-state index in [0.29, 0.717) is 27.6 Å². The van der Waals surface area contributed by atoms with Gasteiger partial charge in [0, 0.05) is 12.0 Å². The van der Waals surface area contributed by atoms with E-state index in [1.54, 1.807) is 7.11 Å². The monoisotopic (exact) mass is 525 g/mol. The van der Waals surface area contributed by atoms with E-state index < -0.39 is 11.6 Å². The number of carbonyl (C=O) groups is 1. The van der Waals surface area contributed by atoms with Crippen LogP contribution in [-0.2, 0) is 21.6 Å². The number of hydrogen-bond donors (Lipinski definition) is 1. The van der Waals surface area contributed by atoms with Crippen LogP contribution in [0.5, 0.6) is 5.75 Å². The highest BCUT2D eigenvalue weighted by Crippen LogP contribution is 2.49. The number of aliphatic hydroxyl groups is 1. The highest BCUT2D eigenvalue weighted by Gasteiger charge is 2.53. The zero-order valence-corrected chi connectivity index (χ0v) is 22.6. The number of ether oxygens (including phenoxy) is 2. The predicted octanol–water partition coefficient (Wildman–Crippen LogP) is 5.72. The summed E-state index contributed by atoms with van der Waals surface area (Å²) in [5.74, 6) is 1.25. The van der Waals surface area contributed by atoms with Crippen molar-refractivity contribution in [3.8, 4) is 5.75 Å². The van der Waals surface area contributed by atoms with Gasteiger partial charge in [0.15, 0.2) is 0 Å². The number of unbranched alkanes of at least 4 members (excludes halogenated alkanes) is 1. The molecule has 5 nitrogen and oxygen atoms in total. The van der Waals surface area contributed by atoms with Gasteiger partial charge < -0.3 is 19.5 Å². The van der Waals surface area contributed by atoms with Gasteiger partial charge in [-0.05, 0) is 98.6 Å². The minimum atomic E-state index is -1.73. The molecule has 2 bridgehead atoms. The number of esters is 1. The fourth-order valence-corrected chi connectivity index (χ4v) is 7.92. The molecule has 2 aromatic heterocycles. The normalized spacial score (nSPS) is 23.3. The molecule has 2 heterocycles. The summed E-state index contributed by atoms with van der Waals surface area (Å²) >= 11 is 2.78. The average molecular weight is 526 g/mol. The average Bonchev–Trinajstić information content (AvgIpc) is 3.71. The lowest BCUT2D eigenvalue weighted by Crippen LogP contribution is -2.42. The number of carbonyl (C=O) groups excluding carboxylic acids is 1. The van der Waals surface area contributed by atoms with Crippen LogP contribution in [0.25, 0.3) is 0 Å². The smallest absolute Gasteiger partial charge is 0.349 e. The zero-order chi connectivity index (χ0) is 25.1. The van der Waals surface area contributed by atoms with E-state index in [4.69, 9.17) is 9.47 Å². The Labute approximate surface area is 221 Å². The predicted molar refractivity (Wildman–Crippen MR) is 145 cm³/mol. The van der Waals surface area contributed by atoms with Gasteiger partial charge in [-0.25, -0.2) is 4.79 Å². The number of rotatable bonds is 11. The van der Waals surface area contributed by atoms with Crippen LogP contribution >= 0.6 is 22.7 Å². The van der Waals surface area contributed by atoms with Crippen LogP contribution in [0.1, 0.15) is 47.4 Å². The zero-order valence-electron chi connectivity index (χ0n) is 21.0. The fourth-order valence-electron chi connectivity index (χ4n) is 6.20. The Morgan fingerprint density at radius 1 is 1.06 bits per heavy atom. The Morgan fingerprint density at radius 3 is 2.36 bits per heavy atom. The summed E-state index contributed by atoms with van der Waals surface area (Å²) in [6, 6.07) is 16.1.